The number of benzene rings is 7. The molecular formula is C51H38N2O. The molecular weight excluding hydrogens is 657 g/mol. The Hall–Kier alpha value is -6.45. The van der Waals surface area contributed by atoms with E-state index in [0.717, 1.165) is 52.1 Å². The van der Waals surface area contributed by atoms with E-state index >= 15 is 0 Å². The first kappa shape index (κ1) is 31.1. The zero-order chi connectivity index (χ0) is 35.6. The first-order valence-electron chi connectivity index (χ1n) is 19.2. The second-order valence-electron chi connectivity index (χ2n) is 14.9. The first-order chi connectivity index (χ1) is 26.8. The van der Waals surface area contributed by atoms with Crippen molar-refractivity contribution < 1.29 is 4.42 Å². The van der Waals surface area contributed by atoms with E-state index in [0.29, 0.717) is 0 Å². The number of furan rings is 1. The van der Waals surface area contributed by atoms with Crippen LogP contribution in [0.3, 0.4) is 0 Å². The predicted octanol–water partition coefficient (Wildman–Crippen LogP) is 13.0. The average Bonchev–Trinajstić information content (AvgIpc) is 3.78. The van der Waals surface area contributed by atoms with Crippen LogP contribution in [0.5, 0.6) is 0 Å². The van der Waals surface area contributed by atoms with Crippen molar-refractivity contribution in [1.29, 1.82) is 0 Å². The van der Waals surface area contributed by atoms with Gasteiger partial charge < -0.3 is 9.73 Å². The molecule has 3 heteroatoms. The van der Waals surface area contributed by atoms with Crippen molar-refractivity contribution in [3.8, 4) is 22.3 Å². The molecule has 1 aliphatic heterocycles. The van der Waals surface area contributed by atoms with Gasteiger partial charge in [-0.1, -0.05) is 151 Å². The summed E-state index contributed by atoms with van der Waals surface area (Å²) in [6.07, 6.45) is 6.82. The number of allylic oxidation sites excluding steroid dienone is 2. The molecule has 2 atom stereocenters. The third-order valence-electron chi connectivity index (χ3n) is 11.9. The van der Waals surface area contributed by atoms with Crippen molar-refractivity contribution in [1.82, 2.24) is 0 Å². The Labute approximate surface area is 315 Å². The van der Waals surface area contributed by atoms with Gasteiger partial charge in [0.1, 0.15) is 17.5 Å². The summed E-state index contributed by atoms with van der Waals surface area (Å²) in [6.45, 7) is 0. The van der Waals surface area contributed by atoms with Gasteiger partial charge in [0.15, 0.2) is 5.76 Å². The van der Waals surface area contributed by atoms with Crippen LogP contribution in [0.2, 0.25) is 0 Å². The van der Waals surface area contributed by atoms with Crippen molar-refractivity contribution in [2.75, 3.05) is 5.32 Å². The smallest absolute Gasteiger partial charge is 0.177 e. The molecule has 0 amide bonds. The Morgan fingerprint density at radius 1 is 0.630 bits per heavy atom. The van der Waals surface area contributed by atoms with Gasteiger partial charge in [-0.3, -0.25) is 4.99 Å². The van der Waals surface area contributed by atoms with Gasteiger partial charge in [-0.05, 0) is 105 Å². The molecule has 258 valence electrons. The van der Waals surface area contributed by atoms with Gasteiger partial charge in [-0.15, -0.1) is 0 Å². The fourth-order valence-electron chi connectivity index (χ4n) is 9.61. The Balaban J connectivity index is 1.22. The van der Waals surface area contributed by atoms with Gasteiger partial charge in [0.2, 0.25) is 0 Å². The van der Waals surface area contributed by atoms with Crippen LogP contribution in [0.15, 0.2) is 185 Å². The van der Waals surface area contributed by atoms with Crippen LogP contribution in [0, 0.1) is 0 Å². The highest BCUT2D eigenvalue weighted by Gasteiger charge is 2.49. The number of anilines is 1. The maximum Gasteiger partial charge on any atom is 0.177 e. The van der Waals surface area contributed by atoms with E-state index in [1.165, 1.54) is 68.1 Å². The summed E-state index contributed by atoms with van der Waals surface area (Å²) in [6, 6.07) is 59.6. The maximum atomic E-state index is 6.52. The van der Waals surface area contributed by atoms with E-state index in [1.807, 2.05) is 12.1 Å². The largest absolute Gasteiger partial charge is 0.452 e. The number of aliphatic imine (C=N–C) groups is 1. The fourth-order valence-corrected chi connectivity index (χ4v) is 9.61. The highest BCUT2D eigenvalue weighted by atomic mass is 16.3. The Morgan fingerprint density at radius 2 is 1.33 bits per heavy atom. The van der Waals surface area contributed by atoms with Crippen LogP contribution < -0.4 is 5.32 Å². The molecule has 8 aromatic rings. The van der Waals surface area contributed by atoms with Crippen molar-refractivity contribution in [2.24, 2.45) is 4.99 Å². The number of para-hydroxylation sites is 1. The topological polar surface area (TPSA) is 37.5 Å². The molecule has 2 unspecified atom stereocenters. The first-order valence-corrected chi connectivity index (χ1v) is 19.2. The highest BCUT2D eigenvalue weighted by Crippen LogP contribution is 2.62. The summed E-state index contributed by atoms with van der Waals surface area (Å²) >= 11 is 0. The summed E-state index contributed by atoms with van der Waals surface area (Å²) in [4.78, 5) is 5.48. The lowest BCUT2D eigenvalue weighted by molar-refractivity contribution is 0.599. The van der Waals surface area contributed by atoms with Gasteiger partial charge >= 0.3 is 0 Å². The summed E-state index contributed by atoms with van der Waals surface area (Å²) < 4.78 is 6.52. The lowest BCUT2D eigenvalue weighted by Crippen LogP contribution is -2.31. The second kappa shape index (κ2) is 12.3. The summed E-state index contributed by atoms with van der Waals surface area (Å²) in [5.41, 5.74) is 15.1. The molecule has 0 spiro atoms. The minimum absolute atomic E-state index is 0.318. The summed E-state index contributed by atoms with van der Waals surface area (Å²) in [5.74, 6) is 0.789. The number of nitrogens with zero attached hydrogens (tertiary/aromatic N) is 1. The molecule has 0 bridgehead atoms. The lowest BCUT2D eigenvalue weighted by atomic mass is 9.63. The Kier molecular flexibility index (Phi) is 7.10. The lowest BCUT2D eigenvalue weighted by Gasteiger charge is -2.38. The van der Waals surface area contributed by atoms with Crippen molar-refractivity contribution in [2.45, 2.75) is 37.3 Å². The molecule has 3 aliphatic rings. The van der Waals surface area contributed by atoms with Crippen LogP contribution in [-0.2, 0) is 5.41 Å². The van der Waals surface area contributed by atoms with Gasteiger partial charge in [0, 0.05) is 10.9 Å². The molecule has 0 saturated heterocycles. The van der Waals surface area contributed by atoms with E-state index in [1.54, 1.807) is 0 Å². The monoisotopic (exact) mass is 694 g/mol. The van der Waals surface area contributed by atoms with Gasteiger partial charge in [-0.25, -0.2) is 0 Å². The quantitative estimate of drug-likeness (QED) is 0.182. The van der Waals surface area contributed by atoms with Crippen LogP contribution in [-0.4, -0.2) is 5.71 Å². The fraction of sp³-hybridized carbons (Fsp3) is 0.118. The van der Waals surface area contributed by atoms with Crippen LogP contribution in [0.1, 0.15) is 65.4 Å². The maximum absolute atomic E-state index is 6.52. The average molecular weight is 695 g/mol. The van der Waals surface area contributed by atoms with Crippen LogP contribution >= 0.6 is 0 Å². The Bertz CT molecular complexity index is 2800. The van der Waals surface area contributed by atoms with Crippen LogP contribution in [0.4, 0.5) is 5.69 Å². The zero-order valence-electron chi connectivity index (χ0n) is 29.9. The van der Waals surface area contributed by atoms with Crippen molar-refractivity contribution >= 4 is 33.1 Å². The molecule has 0 saturated carbocycles. The third-order valence-corrected chi connectivity index (χ3v) is 11.9. The molecule has 3 nitrogen and oxygen atoms in total. The minimum atomic E-state index is -0.471. The van der Waals surface area contributed by atoms with E-state index < -0.39 is 5.41 Å². The normalized spacial score (nSPS) is 18.7. The van der Waals surface area contributed by atoms with Crippen LogP contribution in [0.25, 0.3) is 44.0 Å². The molecule has 54 heavy (non-hydrogen) atoms. The van der Waals surface area contributed by atoms with E-state index in [4.69, 9.17) is 9.41 Å². The molecule has 0 fully saturated rings. The number of fused-ring (bicyclic) bond motifs is 8. The van der Waals surface area contributed by atoms with Gasteiger partial charge in [-0.2, -0.15) is 0 Å². The minimum Gasteiger partial charge on any atom is -0.452 e. The number of hydrogen-bond donors (Lipinski definition) is 1. The molecule has 0 radical (unpaired) electrons. The molecule has 11 rings (SSSR count). The highest BCUT2D eigenvalue weighted by molar-refractivity contribution is 6.19. The molecule has 7 aromatic carbocycles. The van der Waals surface area contributed by atoms with Gasteiger partial charge in [0.25, 0.3) is 0 Å². The molecule has 1 aromatic heterocycles. The second-order valence-corrected chi connectivity index (χ2v) is 14.9. The Morgan fingerprint density at radius 3 is 2.11 bits per heavy atom. The van der Waals surface area contributed by atoms with Gasteiger partial charge in [0.05, 0.1) is 11.1 Å². The summed E-state index contributed by atoms with van der Waals surface area (Å²) in [7, 11) is 0. The molecule has 2 aliphatic carbocycles. The standard InChI is InChI=1S/C51H38N2O/c1-5-17-33(18-6-1)42-31-35-21-13-14-26-39(35)46-45(42)40-30-29-36(32-43(40)51(46,37-22-9-3-10-23-37)38-24-11-4-12-25-38)50-52-47(34-19-7-2-8-20-34)49-48(53-50)41-27-15-16-28-44(41)54-49/h1-3,5-10,13-24,26-32,50,53H,4,11-12,25H2. The van der Waals surface area contributed by atoms with Crippen molar-refractivity contribution in [3.05, 3.63) is 209 Å². The molecule has 2 heterocycles. The predicted molar refractivity (Wildman–Crippen MR) is 222 cm³/mol. The number of nitrogens with one attached hydrogen (secondary N) is 1. The van der Waals surface area contributed by atoms with E-state index in [9.17, 15) is 0 Å². The van der Waals surface area contributed by atoms with Crippen molar-refractivity contribution in [3.63, 3.8) is 0 Å². The zero-order valence-corrected chi connectivity index (χ0v) is 29.9. The number of rotatable bonds is 5. The van der Waals surface area contributed by atoms with E-state index in [-0.39, 0.29) is 6.17 Å². The number of hydrogen-bond acceptors (Lipinski definition) is 3. The molecule has 1 N–H and O–H groups in total. The SMILES string of the molecule is C1=C(C2(c3ccccc3)c3cc(C4N=C(c5ccccc5)c5oc6ccccc6c5N4)ccc3-c3c(-c4ccccc4)cc4ccccc4c32)CCCC1. The third kappa shape index (κ3) is 4.58. The van der Waals surface area contributed by atoms with E-state index in [2.05, 4.69) is 163 Å². The summed E-state index contributed by atoms with van der Waals surface area (Å²) in [5, 5.41) is 7.52.